The van der Waals surface area contributed by atoms with E-state index in [0.29, 0.717) is 17.1 Å². The molecule has 0 unspecified atom stereocenters. The van der Waals surface area contributed by atoms with Crippen LogP contribution in [0.2, 0.25) is 5.02 Å². The molecule has 2 rings (SSSR count). The fourth-order valence-electron chi connectivity index (χ4n) is 1.50. The molecule has 2 N–H and O–H groups in total. The zero-order valence-electron chi connectivity index (χ0n) is 8.73. The number of benzene rings is 1. The third-order valence-corrected chi connectivity index (χ3v) is 2.62. The lowest BCUT2D eigenvalue weighted by atomic mass is 10.1. The summed E-state index contributed by atoms with van der Waals surface area (Å²) in [6.45, 7) is 0.417. The third-order valence-electron chi connectivity index (χ3n) is 2.19. The summed E-state index contributed by atoms with van der Waals surface area (Å²) in [7, 11) is 0. The average Bonchev–Trinajstić information content (AvgIpc) is 2.63. The molecule has 0 atom stereocenters. The summed E-state index contributed by atoms with van der Waals surface area (Å²) in [4.78, 5) is 0.171. The van der Waals surface area contributed by atoms with Crippen molar-refractivity contribution in [1.82, 2.24) is 9.78 Å². The predicted molar refractivity (Wildman–Crippen MR) is 68.6 cm³/mol. The third kappa shape index (κ3) is 3.01. The quantitative estimate of drug-likeness (QED) is 0.870. The molecule has 1 aromatic heterocycles. The molecule has 17 heavy (non-hydrogen) atoms. The molecule has 0 saturated carbocycles. The van der Waals surface area contributed by atoms with Crippen molar-refractivity contribution in [2.75, 3.05) is 0 Å². The van der Waals surface area contributed by atoms with E-state index in [1.54, 1.807) is 16.9 Å². The van der Waals surface area contributed by atoms with E-state index in [1.165, 1.54) is 18.3 Å². The monoisotopic (exact) mass is 269 g/mol. The number of hydrogen-bond acceptors (Lipinski definition) is 2. The molecule has 3 nitrogen and oxygen atoms in total. The standard InChI is InChI=1S/C11H9ClFN3S/c12-9-4-15-16(6-9)5-7-1-8(11(14)17)3-10(13)2-7/h1-4,6H,5H2,(H2,14,17). The first kappa shape index (κ1) is 12.0. The summed E-state index contributed by atoms with van der Waals surface area (Å²) in [5, 5.41) is 4.55. The lowest BCUT2D eigenvalue weighted by Crippen LogP contribution is -2.11. The second-order valence-corrected chi connectivity index (χ2v) is 4.44. The molecule has 0 spiro atoms. The van der Waals surface area contributed by atoms with Crippen molar-refractivity contribution in [2.45, 2.75) is 6.54 Å². The highest BCUT2D eigenvalue weighted by Crippen LogP contribution is 2.12. The summed E-state index contributed by atoms with van der Waals surface area (Å²) in [6, 6.07) is 4.46. The Morgan fingerprint density at radius 2 is 2.24 bits per heavy atom. The summed E-state index contributed by atoms with van der Waals surface area (Å²) in [6.07, 6.45) is 3.18. The number of nitrogens with zero attached hydrogens (tertiary/aromatic N) is 2. The molecule has 0 radical (unpaired) electrons. The van der Waals surface area contributed by atoms with Gasteiger partial charge in [0.15, 0.2) is 0 Å². The number of halogens is 2. The van der Waals surface area contributed by atoms with E-state index in [9.17, 15) is 4.39 Å². The van der Waals surface area contributed by atoms with Crippen LogP contribution < -0.4 is 5.73 Å². The molecule has 0 fully saturated rings. The molecule has 0 aliphatic heterocycles. The minimum atomic E-state index is -0.372. The van der Waals surface area contributed by atoms with Gasteiger partial charge >= 0.3 is 0 Å². The highest BCUT2D eigenvalue weighted by atomic mass is 35.5. The maximum atomic E-state index is 13.3. The molecule has 0 amide bonds. The van der Waals surface area contributed by atoms with Gasteiger partial charge in [-0.1, -0.05) is 23.8 Å². The van der Waals surface area contributed by atoms with Gasteiger partial charge in [0.1, 0.15) is 10.8 Å². The Labute approximate surface area is 108 Å². The maximum absolute atomic E-state index is 13.3. The van der Waals surface area contributed by atoms with E-state index in [0.717, 1.165) is 5.56 Å². The van der Waals surface area contributed by atoms with Crippen molar-refractivity contribution in [1.29, 1.82) is 0 Å². The van der Waals surface area contributed by atoms with Gasteiger partial charge in [0.2, 0.25) is 0 Å². The van der Waals surface area contributed by atoms with E-state index in [2.05, 4.69) is 5.10 Å². The molecule has 2 aromatic rings. The summed E-state index contributed by atoms with van der Waals surface area (Å²) >= 11 is 10.6. The predicted octanol–water partition coefficient (Wildman–Crippen LogP) is 2.36. The Morgan fingerprint density at radius 1 is 1.47 bits per heavy atom. The van der Waals surface area contributed by atoms with Crippen LogP contribution in [0, 0.1) is 5.82 Å². The van der Waals surface area contributed by atoms with Crippen molar-refractivity contribution in [2.24, 2.45) is 5.73 Å². The normalized spacial score (nSPS) is 10.5. The van der Waals surface area contributed by atoms with Crippen LogP contribution in [-0.2, 0) is 6.54 Å². The van der Waals surface area contributed by atoms with Crippen molar-refractivity contribution in [3.63, 3.8) is 0 Å². The van der Waals surface area contributed by atoms with Gasteiger partial charge in [-0.3, -0.25) is 4.68 Å². The smallest absolute Gasteiger partial charge is 0.124 e. The highest BCUT2D eigenvalue weighted by molar-refractivity contribution is 7.80. The zero-order chi connectivity index (χ0) is 12.4. The van der Waals surface area contributed by atoms with E-state index < -0.39 is 0 Å². The maximum Gasteiger partial charge on any atom is 0.124 e. The van der Waals surface area contributed by atoms with Crippen LogP contribution in [0.1, 0.15) is 11.1 Å². The second-order valence-electron chi connectivity index (χ2n) is 3.57. The van der Waals surface area contributed by atoms with Crippen LogP contribution in [-0.4, -0.2) is 14.8 Å². The number of thiocarbonyl (C=S) groups is 1. The fraction of sp³-hybridized carbons (Fsp3) is 0.0909. The van der Waals surface area contributed by atoms with Gasteiger partial charge in [-0.2, -0.15) is 5.10 Å². The fourth-order valence-corrected chi connectivity index (χ4v) is 1.77. The van der Waals surface area contributed by atoms with E-state index >= 15 is 0 Å². The van der Waals surface area contributed by atoms with Crippen LogP contribution in [0.3, 0.4) is 0 Å². The van der Waals surface area contributed by atoms with Crippen LogP contribution in [0.15, 0.2) is 30.6 Å². The molecule has 1 heterocycles. The molecule has 0 aliphatic rings. The van der Waals surface area contributed by atoms with Gasteiger partial charge in [-0.05, 0) is 23.8 Å². The van der Waals surface area contributed by atoms with Gasteiger partial charge in [0.05, 0.1) is 17.8 Å². The second kappa shape index (κ2) is 4.81. The van der Waals surface area contributed by atoms with Gasteiger partial charge in [0.25, 0.3) is 0 Å². The van der Waals surface area contributed by atoms with Crippen molar-refractivity contribution in [3.8, 4) is 0 Å². The summed E-state index contributed by atoms with van der Waals surface area (Å²) in [5.41, 5.74) is 6.71. The average molecular weight is 270 g/mol. The number of aromatic nitrogens is 2. The first-order chi connectivity index (χ1) is 8.04. The molecular weight excluding hydrogens is 261 g/mol. The van der Waals surface area contributed by atoms with Gasteiger partial charge in [-0.25, -0.2) is 4.39 Å². The van der Waals surface area contributed by atoms with Crippen LogP contribution in [0.25, 0.3) is 0 Å². The minimum absolute atomic E-state index is 0.171. The molecule has 0 saturated heterocycles. The topological polar surface area (TPSA) is 43.8 Å². The van der Waals surface area contributed by atoms with Crippen LogP contribution in [0.5, 0.6) is 0 Å². The molecular formula is C11H9ClFN3S. The molecule has 6 heteroatoms. The Hall–Kier alpha value is -1.46. The largest absolute Gasteiger partial charge is 0.389 e. The van der Waals surface area contributed by atoms with Gasteiger partial charge < -0.3 is 5.73 Å². The van der Waals surface area contributed by atoms with Gasteiger partial charge in [0, 0.05) is 11.8 Å². The van der Waals surface area contributed by atoms with Crippen LogP contribution >= 0.6 is 23.8 Å². The van der Waals surface area contributed by atoms with E-state index in [1.807, 2.05) is 0 Å². The molecule has 0 aliphatic carbocycles. The molecule has 88 valence electrons. The number of rotatable bonds is 3. The van der Waals surface area contributed by atoms with Crippen molar-refractivity contribution < 1.29 is 4.39 Å². The SMILES string of the molecule is NC(=S)c1cc(F)cc(Cn2cc(Cl)cn2)c1. The number of hydrogen-bond donors (Lipinski definition) is 1. The Morgan fingerprint density at radius 3 is 2.82 bits per heavy atom. The Balaban J connectivity index is 2.29. The van der Waals surface area contributed by atoms with E-state index in [4.69, 9.17) is 29.6 Å². The van der Waals surface area contributed by atoms with Gasteiger partial charge in [-0.15, -0.1) is 0 Å². The van der Waals surface area contributed by atoms with Crippen molar-refractivity contribution >= 4 is 28.8 Å². The minimum Gasteiger partial charge on any atom is -0.389 e. The Bertz CT molecular complexity index is 568. The zero-order valence-corrected chi connectivity index (χ0v) is 10.3. The lowest BCUT2D eigenvalue weighted by Gasteiger charge is -2.05. The number of nitrogens with two attached hydrogens (primary N) is 1. The Kier molecular flexibility index (Phi) is 3.40. The molecule has 0 bridgehead atoms. The summed E-state index contributed by atoms with van der Waals surface area (Å²) in [5.74, 6) is -0.372. The van der Waals surface area contributed by atoms with Crippen molar-refractivity contribution in [3.05, 3.63) is 52.6 Å². The van der Waals surface area contributed by atoms with E-state index in [-0.39, 0.29) is 10.8 Å². The highest BCUT2D eigenvalue weighted by Gasteiger charge is 2.04. The first-order valence-corrected chi connectivity index (χ1v) is 5.60. The first-order valence-electron chi connectivity index (χ1n) is 4.82. The lowest BCUT2D eigenvalue weighted by molar-refractivity contribution is 0.619. The van der Waals surface area contributed by atoms with Crippen LogP contribution in [0.4, 0.5) is 4.39 Å². The summed E-state index contributed by atoms with van der Waals surface area (Å²) < 4.78 is 14.9. The molecule has 1 aromatic carbocycles.